The fraction of sp³-hybridized carbons (Fsp3) is 0.579. The van der Waals surface area contributed by atoms with Crippen LogP contribution in [0.15, 0.2) is 30.3 Å². The number of carbonyl (C=O) groups is 2. The summed E-state index contributed by atoms with van der Waals surface area (Å²) < 4.78 is 0. The Morgan fingerprint density at radius 2 is 1.84 bits per heavy atom. The molecule has 2 fully saturated rings. The number of likely N-dealkylation sites (tertiary alicyclic amines) is 1. The molecule has 138 valence electrons. The van der Waals surface area contributed by atoms with Gasteiger partial charge in [-0.15, -0.1) is 12.4 Å². The maximum absolute atomic E-state index is 12.8. The Morgan fingerprint density at radius 1 is 1.24 bits per heavy atom. The van der Waals surface area contributed by atoms with Crippen molar-refractivity contribution in [3.63, 3.8) is 0 Å². The van der Waals surface area contributed by atoms with E-state index in [0.717, 1.165) is 37.7 Å². The van der Waals surface area contributed by atoms with E-state index in [1.54, 1.807) is 0 Å². The number of hydrogen-bond acceptors (Lipinski definition) is 3. The molecule has 1 saturated carbocycles. The summed E-state index contributed by atoms with van der Waals surface area (Å²) in [6.45, 7) is 3.45. The quantitative estimate of drug-likeness (QED) is 0.839. The minimum atomic E-state index is -0.617. The fourth-order valence-electron chi connectivity index (χ4n) is 3.39. The minimum Gasteiger partial charge on any atom is -0.352 e. The zero-order chi connectivity index (χ0) is 17.2. The molecule has 0 bridgehead atoms. The van der Waals surface area contributed by atoms with Crippen LogP contribution in [0, 0.1) is 0 Å². The minimum absolute atomic E-state index is 0. The van der Waals surface area contributed by atoms with Crippen LogP contribution in [0.5, 0.6) is 0 Å². The van der Waals surface area contributed by atoms with Gasteiger partial charge in [-0.25, -0.2) is 0 Å². The molecule has 1 saturated heterocycles. The van der Waals surface area contributed by atoms with E-state index >= 15 is 0 Å². The first-order chi connectivity index (χ1) is 11.5. The molecule has 0 spiro atoms. The van der Waals surface area contributed by atoms with Gasteiger partial charge in [0.1, 0.15) is 0 Å². The summed E-state index contributed by atoms with van der Waals surface area (Å²) >= 11 is 0. The molecule has 3 N–H and O–H groups in total. The molecule has 1 aromatic rings. The number of benzene rings is 1. The second kappa shape index (κ2) is 8.19. The first-order valence-electron chi connectivity index (χ1n) is 8.97. The number of hydrogen-bond donors (Lipinski definition) is 2. The van der Waals surface area contributed by atoms with E-state index in [9.17, 15) is 9.59 Å². The normalized spacial score (nSPS) is 20.3. The van der Waals surface area contributed by atoms with E-state index in [-0.39, 0.29) is 36.2 Å². The third kappa shape index (κ3) is 4.53. The highest BCUT2D eigenvalue weighted by Gasteiger charge is 2.46. The first-order valence-corrected chi connectivity index (χ1v) is 8.97. The summed E-state index contributed by atoms with van der Waals surface area (Å²) in [4.78, 5) is 26.8. The van der Waals surface area contributed by atoms with Crippen molar-refractivity contribution in [2.75, 3.05) is 13.1 Å². The number of nitrogens with zero attached hydrogens (tertiary/aromatic N) is 1. The van der Waals surface area contributed by atoms with Crippen LogP contribution in [0.25, 0.3) is 0 Å². The van der Waals surface area contributed by atoms with Crippen molar-refractivity contribution >= 4 is 24.2 Å². The van der Waals surface area contributed by atoms with Crippen LogP contribution in [0.4, 0.5) is 0 Å². The molecule has 6 heteroatoms. The second-order valence-electron chi connectivity index (χ2n) is 7.10. The molecule has 1 atom stereocenters. The SMILES string of the molecule is CCC(C(=O)N1CCC(NC(=O)C2(N)CC2)CC1)c1ccccc1.Cl. The van der Waals surface area contributed by atoms with Gasteiger partial charge in [-0.1, -0.05) is 37.3 Å². The van der Waals surface area contributed by atoms with Crippen LogP contribution >= 0.6 is 12.4 Å². The lowest BCUT2D eigenvalue weighted by Gasteiger charge is -2.35. The van der Waals surface area contributed by atoms with Gasteiger partial charge >= 0.3 is 0 Å². The largest absolute Gasteiger partial charge is 0.352 e. The monoisotopic (exact) mass is 365 g/mol. The molecular weight excluding hydrogens is 338 g/mol. The van der Waals surface area contributed by atoms with Gasteiger partial charge < -0.3 is 16.0 Å². The predicted octanol–water partition coefficient (Wildman–Crippen LogP) is 2.20. The van der Waals surface area contributed by atoms with Crippen molar-refractivity contribution in [1.82, 2.24) is 10.2 Å². The van der Waals surface area contributed by atoms with E-state index in [1.807, 2.05) is 35.2 Å². The third-order valence-corrected chi connectivity index (χ3v) is 5.29. The summed E-state index contributed by atoms with van der Waals surface area (Å²) in [7, 11) is 0. The van der Waals surface area contributed by atoms with Gasteiger partial charge in [0.25, 0.3) is 0 Å². The molecule has 0 radical (unpaired) electrons. The molecule has 1 aromatic carbocycles. The number of nitrogens with one attached hydrogen (secondary N) is 1. The molecule has 5 nitrogen and oxygen atoms in total. The Balaban J connectivity index is 0.00000225. The molecule has 1 heterocycles. The highest BCUT2D eigenvalue weighted by atomic mass is 35.5. The lowest BCUT2D eigenvalue weighted by atomic mass is 9.93. The van der Waals surface area contributed by atoms with Gasteiger partial charge in [0.05, 0.1) is 11.5 Å². The van der Waals surface area contributed by atoms with Gasteiger partial charge in [0.15, 0.2) is 0 Å². The highest BCUT2D eigenvalue weighted by molar-refractivity contribution is 5.89. The predicted molar refractivity (Wildman–Crippen MR) is 101 cm³/mol. The Bertz CT molecular complexity index is 596. The van der Waals surface area contributed by atoms with Crippen molar-refractivity contribution in [3.8, 4) is 0 Å². The van der Waals surface area contributed by atoms with Crippen LogP contribution in [0.2, 0.25) is 0 Å². The van der Waals surface area contributed by atoms with Crippen molar-refractivity contribution in [2.24, 2.45) is 5.73 Å². The van der Waals surface area contributed by atoms with Crippen molar-refractivity contribution < 1.29 is 9.59 Å². The van der Waals surface area contributed by atoms with E-state index in [1.165, 1.54) is 0 Å². The van der Waals surface area contributed by atoms with Crippen molar-refractivity contribution in [2.45, 2.75) is 56.5 Å². The molecule has 2 amide bonds. The lowest BCUT2D eigenvalue weighted by molar-refractivity contribution is -0.134. The number of rotatable bonds is 5. The molecule has 1 unspecified atom stereocenters. The molecular formula is C19H28ClN3O2. The number of carbonyl (C=O) groups excluding carboxylic acids is 2. The van der Waals surface area contributed by atoms with Gasteiger partial charge in [0.2, 0.25) is 11.8 Å². The number of piperidine rings is 1. The molecule has 1 aliphatic carbocycles. The fourth-order valence-corrected chi connectivity index (χ4v) is 3.39. The molecule has 1 aliphatic heterocycles. The Kier molecular flexibility index (Phi) is 6.47. The Labute approximate surface area is 155 Å². The first kappa shape index (κ1) is 19.7. The van der Waals surface area contributed by atoms with Crippen molar-refractivity contribution in [1.29, 1.82) is 0 Å². The second-order valence-corrected chi connectivity index (χ2v) is 7.10. The topological polar surface area (TPSA) is 75.4 Å². The molecule has 0 aromatic heterocycles. The maximum atomic E-state index is 12.8. The Morgan fingerprint density at radius 3 is 2.36 bits per heavy atom. The average Bonchev–Trinajstić information content (AvgIpc) is 3.36. The summed E-state index contributed by atoms with van der Waals surface area (Å²) in [5, 5.41) is 3.05. The highest BCUT2D eigenvalue weighted by Crippen LogP contribution is 2.32. The number of halogens is 1. The van der Waals surface area contributed by atoms with Gasteiger partial charge in [-0.05, 0) is 37.7 Å². The zero-order valence-corrected chi connectivity index (χ0v) is 15.6. The van der Waals surface area contributed by atoms with Crippen LogP contribution in [-0.4, -0.2) is 41.4 Å². The molecule has 2 aliphatic rings. The van der Waals surface area contributed by atoms with Gasteiger partial charge in [-0.3, -0.25) is 9.59 Å². The van der Waals surface area contributed by atoms with Crippen molar-refractivity contribution in [3.05, 3.63) is 35.9 Å². The van der Waals surface area contributed by atoms with E-state index in [2.05, 4.69) is 12.2 Å². The van der Waals surface area contributed by atoms with Crippen LogP contribution in [-0.2, 0) is 9.59 Å². The summed E-state index contributed by atoms with van der Waals surface area (Å²) in [6.07, 6.45) is 3.98. The summed E-state index contributed by atoms with van der Waals surface area (Å²) in [5.41, 5.74) is 6.39. The van der Waals surface area contributed by atoms with Crippen LogP contribution in [0.1, 0.15) is 50.5 Å². The number of nitrogens with two attached hydrogens (primary N) is 1. The van der Waals surface area contributed by atoms with E-state index < -0.39 is 5.54 Å². The van der Waals surface area contributed by atoms with E-state index in [4.69, 9.17) is 5.73 Å². The van der Waals surface area contributed by atoms with Gasteiger partial charge in [0, 0.05) is 19.1 Å². The molecule has 3 rings (SSSR count). The maximum Gasteiger partial charge on any atom is 0.240 e. The van der Waals surface area contributed by atoms with Crippen LogP contribution < -0.4 is 11.1 Å². The molecule has 25 heavy (non-hydrogen) atoms. The zero-order valence-electron chi connectivity index (χ0n) is 14.7. The third-order valence-electron chi connectivity index (χ3n) is 5.29. The standard InChI is InChI=1S/C19H27N3O2.ClH/c1-2-16(14-6-4-3-5-7-14)17(23)22-12-8-15(9-13-22)21-18(24)19(20)10-11-19;/h3-7,15-16H,2,8-13,20H2,1H3,(H,21,24);1H. The van der Waals surface area contributed by atoms with Crippen LogP contribution in [0.3, 0.4) is 0 Å². The lowest BCUT2D eigenvalue weighted by Crippen LogP contribution is -2.52. The summed E-state index contributed by atoms with van der Waals surface area (Å²) in [6, 6.07) is 10.1. The smallest absolute Gasteiger partial charge is 0.240 e. The summed E-state index contributed by atoms with van der Waals surface area (Å²) in [5.74, 6) is 0.102. The Hall–Kier alpha value is -1.59. The van der Waals surface area contributed by atoms with Gasteiger partial charge in [-0.2, -0.15) is 0 Å². The average molecular weight is 366 g/mol. The number of amides is 2. The van der Waals surface area contributed by atoms with E-state index in [0.29, 0.717) is 13.1 Å².